The van der Waals surface area contributed by atoms with Crippen LogP contribution in [-0.4, -0.2) is 18.6 Å². The molecule has 2 unspecified atom stereocenters. The molecule has 4 nitrogen and oxygen atoms in total. The van der Waals surface area contributed by atoms with Crippen LogP contribution in [0.15, 0.2) is 18.2 Å². The fourth-order valence-corrected chi connectivity index (χ4v) is 2.81. The first-order valence-corrected chi connectivity index (χ1v) is 6.56. The summed E-state index contributed by atoms with van der Waals surface area (Å²) in [6.07, 6.45) is 3.83. The third-order valence-corrected chi connectivity index (χ3v) is 3.86. The molecule has 0 bridgehead atoms. The molecule has 1 aliphatic carbocycles. The summed E-state index contributed by atoms with van der Waals surface area (Å²) >= 11 is 0. The number of anilines is 1. The molecule has 3 rings (SSSR count). The Labute approximate surface area is 119 Å². The molecule has 1 heterocycles. The van der Waals surface area contributed by atoms with Crippen LogP contribution in [0.1, 0.15) is 24.8 Å². The van der Waals surface area contributed by atoms with Crippen molar-refractivity contribution in [3.63, 3.8) is 0 Å². The molecular formula is C14H19ClN2O2. The highest BCUT2D eigenvalue weighted by Crippen LogP contribution is 2.29. The van der Waals surface area contributed by atoms with Gasteiger partial charge in [-0.15, -0.1) is 12.4 Å². The molecule has 1 aliphatic heterocycles. The highest BCUT2D eigenvalue weighted by molar-refractivity contribution is 5.93. The summed E-state index contributed by atoms with van der Waals surface area (Å²) in [4.78, 5) is 12.1. The van der Waals surface area contributed by atoms with E-state index in [4.69, 9.17) is 10.5 Å². The van der Waals surface area contributed by atoms with Crippen molar-refractivity contribution in [1.82, 2.24) is 0 Å². The van der Waals surface area contributed by atoms with E-state index in [9.17, 15) is 4.79 Å². The topological polar surface area (TPSA) is 64.4 Å². The molecule has 1 fully saturated rings. The van der Waals surface area contributed by atoms with E-state index >= 15 is 0 Å². The largest absolute Gasteiger partial charge is 0.493 e. The monoisotopic (exact) mass is 282 g/mol. The average molecular weight is 283 g/mol. The maximum atomic E-state index is 12.1. The van der Waals surface area contributed by atoms with E-state index in [1.807, 2.05) is 18.2 Å². The van der Waals surface area contributed by atoms with Crippen LogP contribution in [0, 0.1) is 5.92 Å². The molecule has 1 saturated carbocycles. The second-order valence-corrected chi connectivity index (χ2v) is 5.11. The van der Waals surface area contributed by atoms with Crippen LogP contribution in [0.3, 0.4) is 0 Å². The van der Waals surface area contributed by atoms with E-state index in [-0.39, 0.29) is 30.3 Å². The van der Waals surface area contributed by atoms with Crippen LogP contribution in [-0.2, 0) is 11.2 Å². The smallest absolute Gasteiger partial charge is 0.229 e. The van der Waals surface area contributed by atoms with Crippen molar-refractivity contribution in [2.45, 2.75) is 31.7 Å². The van der Waals surface area contributed by atoms with E-state index in [0.29, 0.717) is 0 Å². The quantitative estimate of drug-likeness (QED) is 0.873. The number of nitrogens with two attached hydrogens (primary N) is 1. The Balaban J connectivity index is 0.00000133. The number of carbonyl (C=O) groups excluding carboxylic acids is 1. The minimum absolute atomic E-state index is 0. The molecule has 1 aromatic carbocycles. The zero-order chi connectivity index (χ0) is 12.5. The summed E-state index contributed by atoms with van der Waals surface area (Å²) in [6, 6.07) is 5.83. The van der Waals surface area contributed by atoms with Gasteiger partial charge in [-0.25, -0.2) is 0 Å². The number of benzene rings is 1. The second kappa shape index (κ2) is 5.80. The Morgan fingerprint density at radius 2 is 2.21 bits per heavy atom. The van der Waals surface area contributed by atoms with Gasteiger partial charge in [0, 0.05) is 18.2 Å². The van der Waals surface area contributed by atoms with Crippen LogP contribution >= 0.6 is 12.4 Å². The van der Waals surface area contributed by atoms with Crippen molar-refractivity contribution in [3.05, 3.63) is 23.8 Å². The van der Waals surface area contributed by atoms with Gasteiger partial charge in [0.25, 0.3) is 0 Å². The van der Waals surface area contributed by atoms with Gasteiger partial charge >= 0.3 is 0 Å². The third kappa shape index (κ3) is 2.85. The summed E-state index contributed by atoms with van der Waals surface area (Å²) in [5.41, 5.74) is 7.96. The van der Waals surface area contributed by atoms with Crippen LogP contribution in [0.4, 0.5) is 5.69 Å². The minimum atomic E-state index is -0.0329. The molecule has 0 saturated heterocycles. The lowest BCUT2D eigenvalue weighted by molar-refractivity contribution is -0.120. The van der Waals surface area contributed by atoms with Gasteiger partial charge in [0.2, 0.25) is 5.91 Å². The van der Waals surface area contributed by atoms with Crippen LogP contribution < -0.4 is 15.8 Å². The highest BCUT2D eigenvalue weighted by Gasteiger charge is 2.30. The number of amides is 1. The zero-order valence-corrected chi connectivity index (χ0v) is 11.5. The van der Waals surface area contributed by atoms with E-state index in [0.717, 1.165) is 43.7 Å². The number of halogens is 1. The number of nitrogens with one attached hydrogen (secondary N) is 1. The lowest BCUT2D eigenvalue weighted by Gasteiger charge is -2.15. The maximum absolute atomic E-state index is 12.1. The summed E-state index contributed by atoms with van der Waals surface area (Å²) in [5.74, 6) is 0.957. The van der Waals surface area contributed by atoms with Crippen molar-refractivity contribution in [1.29, 1.82) is 0 Å². The maximum Gasteiger partial charge on any atom is 0.229 e. The van der Waals surface area contributed by atoms with Crippen molar-refractivity contribution in [2.24, 2.45) is 11.7 Å². The Kier molecular flexibility index (Phi) is 4.32. The van der Waals surface area contributed by atoms with E-state index in [1.54, 1.807) is 0 Å². The molecule has 1 aromatic rings. The summed E-state index contributed by atoms with van der Waals surface area (Å²) < 4.78 is 5.44. The van der Waals surface area contributed by atoms with Gasteiger partial charge in [-0.05, 0) is 36.6 Å². The fraction of sp³-hybridized carbons (Fsp3) is 0.500. The number of ether oxygens (including phenoxy) is 1. The first kappa shape index (κ1) is 14.2. The average Bonchev–Trinajstić information content (AvgIpc) is 2.96. The number of hydrogen-bond donors (Lipinski definition) is 2. The van der Waals surface area contributed by atoms with Gasteiger partial charge < -0.3 is 15.8 Å². The molecule has 104 valence electrons. The van der Waals surface area contributed by atoms with Crippen molar-refractivity contribution < 1.29 is 9.53 Å². The van der Waals surface area contributed by atoms with Gasteiger partial charge in [0.05, 0.1) is 12.5 Å². The van der Waals surface area contributed by atoms with Crippen molar-refractivity contribution in [3.8, 4) is 5.75 Å². The first-order valence-electron chi connectivity index (χ1n) is 6.56. The van der Waals surface area contributed by atoms with E-state index in [1.165, 1.54) is 5.56 Å². The molecule has 5 heteroatoms. The van der Waals surface area contributed by atoms with Crippen LogP contribution in [0.5, 0.6) is 5.75 Å². The molecule has 3 N–H and O–H groups in total. The van der Waals surface area contributed by atoms with Gasteiger partial charge in [0.1, 0.15) is 5.75 Å². The molecule has 0 aromatic heterocycles. The number of carbonyl (C=O) groups is 1. The third-order valence-electron chi connectivity index (χ3n) is 3.86. The highest BCUT2D eigenvalue weighted by atomic mass is 35.5. The summed E-state index contributed by atoms with van der Waals surface area (Å²) in [6.45, 7) is 0.736. The molecule has 2 aliphatic rings. The number of fused-ring (bicyclic) bond motifs is 1. The zero-order valence-electron chi connectivity index (χ0n) is 10.7. The summed E-state index contributed by atoms with van der Waals surface area (Å²) in [5, 5.41) is 2.97. The molecule has 2 atom stereocenters. The van der Waals surface area contributed by atoms with Gasteiger partial charge in [0.15, 0.2) is 0 Å². The van der Waals surface area contributed by atoms with Gasteiger partial charge in [-0.2, -0.15) is 0 Å². The lowest BCUT2D eigenvalue weighted by Crippen LogP contribution is -2.34. The molecule has 19 heavy (non-hydrogen) atoms. The SMILES string of the molecule is Cl.NC1CCCC1C(=O)Nc1ccc2c(c1)CCO2. The predicted molar refractivity (Wildman–Crippen MR) is 76.8 cm³/mol. The van der Waals surface area contributed by atoms with Gasteiger partial charge in [-0.1, -0.05) is 6.42 Å². The molecule has 0 spiro atoms. The summed E-state index contributed by atoms with van der Waals surface area (Å²) in [7, 11) is 0. The number of rotatable bonds is 2. The lowest BCUT2D eigenvalue weighted by atomic mass is 10.0. The second-order valence-electron chi connectivity index (χ2n) is 5.11. The Morgan fingerprint density at radius 3 is 2.95 bits per heavy atom. The fourth-order valence-electron chi connectivity index (χ4n) is 2.81. The molecule has 0 radical (unpaired) electrons. The van der Waals surface area contributed by atoms with Crippen LogP contribution in [0.2, 0.25) is 0 Å². The number of hydrogen-bond acceptors (Lipinski definition) is 3. The van der Waals surface area contributed by atoms with Crippen molar-refractivity contribution in [2.75, 3.05) is 11.9 Å². The normalized spacial score (nSPS) is 24.3. The first-order chi connectivity index (χ1) is 8.74. The predicted octanol–water partition coefficient (Wildman–Crippen LogP) is 2.11. The standard InChI is InChI=1S/C14H18N2O2.ClH/c15-12-3-1-2-11(12)14(17)16-10-4-5-13-9(8-10)6-7-18-13;/h4-5,8,11-12H,1-3,6-7,15H2,(H,16,17);1H. The van der Waals surface area contributed by atoms with Gasteiger partial charge in [-0.3, -0.25) is 4.79 Å². The van der Waals surface area contributed by atoms with Crippen molar-refractivity contribution >= 4 is 24.0 Å². The van der Waals surface area contributed by atoms with E-state index in [2.05, 4.69) is 5.32 Å². The van der Waals surface area contributed by atoms with E-state index < -0.39 is 0 Å². The molecular weight excluding hydrogens is 264 g/mol. The minimum Gasteiger partial charge on any atom is -0.493 e. The molecule has 1 amide bonds. The Hall–Kier alpha value is -1.26. The Bertz CT molecular complexity index is 479. The Morgan fingerprint density at radius 1 is 1.37 bits per heavy atom. The van der Waals surface area contributed by atoms with Crippen LogP contribution in [0.25, 0.3) is 0 Å².